The van der Waals surface area contributed by atoms with E-state index < -0.39 is 0 Å². The van der Waals surface area contributed by atoms with Crippen LogP contribution in [0.25, 0.3) is 0 Å². The van der Waals surface area contributed by atoms with Crippen LogP contribution in [0.4, 0.5) is 0 Å². The third-order valence-electron chi connectivity index (χ3n) is 3.06. The zero-order valence-electron chi connectivity index (χ0n) is 11.8. The molecular formula is C14H16N6O. The van der Waals surface area contributed by atoms with Gasteiger partial charge in [0.15, 0.2) is 5.82 Å². The Labute approximate surface area is 122 Å². The van der Waals surface area contributed by atoms with Crippen molar-refractivity contribution >= 4 is 0 Å². The maximum atomic E-state index is 5.63. The molecule has 7 heteroatoms. The van der Waals surface area contributed by atoms with Gasteiger partial charge in [-0.25, -0.2) is 4.68 Å². The average Bonchev–Trinajstić information content (AvgIpc) is 3.15. The third-order valence-corrected chi connectivity index (χ3v) is 3.06. The zero-order valence-corrected chi connectivity index (χ0v) is 11.8. The molecule has 0 aliphatic rings. The molecule has 3 rings (SSSR count). The van der Waals surface area contributed by atoms with Crippen molar-refractivity contribution in [3.05, 3.63) is 54.1 Å². The van der Waals surface area contributed by atoms with Gasteiger partial charge in [0.1, 0.15) is 12.3 Å². The molecule has 3 aromatic rings. The monoisotopic (exact) mass is 284 g/mol. The fraction of sp³-hybridized carbons (Fsp3) is 0.286. The van der Waals surface area contributed by atoms with Gasteiger partial charge in [-0.2, -0.15) is 5.10 Å². The van der Waals surface area contributed by atoms with Crippen molar-refractivity contribution in [2.75, 3.05) is 6.61 Å². The van der Waals surface area contributed by atoms with Crippen LogP contribution in [0.2, 0.25) is 0 Å². The molecule has 0 N–H and O–H groups in total. The second kappa shape index (κ2) is 6.17. The van der Waals surface area contributed by atoms with E-state index in [0.29, 0.717) is 19.7 Å². The summed E-state index contributed by atoms with van der Waals surface area (Å²) in [5.74, 6) is 1.62. The van der Waals surface area contributed by atoms with Gasteiger partial charge in [0.25, 0.3) is 0 Å². The molecule has 2 heterocycles. The van der Waals surface area contributed by atoms with Crippen LogP contribution < -0.4 is 4.74 Å². The second-order valence-corrected chi connectivity index (χ2v) is 4.50. The van der Waals surface area contributed by atoms with Crippen molar-refractivity contribution in [1.82, 2.24) is 30.0 Å². The molecule has 0 aliphatic carbocycles. The van der Waals surface area contributed by atoms with E-state index >= 15 is 0 Å². The molecular weight excluding hydrogens is 268 g/mol. The summed E-state index contributed by atoms with van der Waals surface area (Å²) in [6.45, 7) is 3.71. The number of benzene rings is 1. The summed E-state index contributed by atoms with van der Waals surface area (Å²) in [5, 5.41) is 16.0. The predicted molar refractivity (Wildman–Crippen MR) is 75.9 cm³/mol. The maximum absolute atomic E-state index is 5.63. The molecule has 0 bridgehead atoms. The molecule has 0 unspecified atom stereocenters. The van der Waals surface area contributed by atoms with Crippen LogP contribution in [0.5, 0.6) is 5.75 Å². The van der Waals surface area contributed by atoms with Crippen molar-refractivity contribution in [2.24, 2.45) is 0 Å². The molecule has 1 aromatic carbocycles. The van der Waals surface area contributed by atoms with Gasteiger partial charge in [0.05, 0.1) is 13.2 Å². The standard InChI is InChI=1S/C14H16N6O/c1-2-21-13-7-4-3-6-12(13)10-20-14(16-17-18-20)11-19-9-5-8-15-19/h3-9H,2,10-11H2,1H3. The van der Waals surface area contributed by atoms with Crippen molar-refractivity contribution in [3.63, 3.8) is 0 Å². The SMILES string of the molecule is CCOc1ccccc1Cn1nnnc1Cn1cccn1. The Kier molecular flexibility index (Phi) is 3.90. The number of para-hydroxylation sites is 1. The smallest absolute Gasteiger partial charge is 0.173 e. The number of ether oxygens (including phenoxy) is 1. The molecule has 0 radical (unpaired) electrons. The highest BCUT2D eigenvalue weighted by Gasteiger charge is 2.10. The largest absolute Gasteiger partial charge is 0.494 e. The Morgan fingerprint density at radius 1 is 1.14 bits per heavy atom. The van der Waals surface area contributed by atoms with Crippen LogP contribution in [-0.2, 0) is 13.1 Å². The van der Waals surface area contributed by atoms with Crippen molar-refractivity contribution < 1.29 is 4.74 Å². The molecule has 0 spiro atoms. The number of hydrogen-bond acceptors (Lipinski definition) is 5. The van der Waals surface area contributed by atoms with Gasteiger partial charge in [-0.3, -0.25) is 4.68 Å². The lowest BCUT2D eigenvalue weighted by atomic mass is 10.2. The zero-order chi connectivity index (χ0) is 14.5. The minimum absolute atomic E-state index is 0.538. The Balaban J connectivity index is 1.81. The molecule has 0 fully saturated rings. The molecule has 0 saturated carbocycles. The number of aromatic nitrogens is 6. The molecule has 0 aliphatic heterocycles. The van der Waals surface area contributed by atoms with Crippen molar-refractivity contribution in [3.8, 4) is 5.75 Å². The lowest BCUT2D eigenvalue weighted by Gasteiger charge is -2.10. The van der Waals surface area contributed by atoms with E-state index in [2.05, 4.69) is 20.6 Å². The van der Waals surface area contributed by atoms with Crippen molar-refractivity contribution in [1.29, 1.82) is 0 Å². The third kappa shape index (κ3) is 3.07. The predicted octanol–water partition coefficient (Wildman–Crippen LogP) is 1.36. The van der Waals surface area contributed by atoms with E-state index in [1.807, 2.05) is 43.5 Å². The van der Waals surface area contributed by atoms with Crippen LogP contribution in [0.15, 0.2) is 42.7 Å². The van der Waals surface area contributed by atoms with Gasteiger partial charge in [-0.1, -0.05) is 18.2 Å². The Hall–Kier alpha value is -2.70. The van der Waals surface area contributed by atoms with Crippen LogP contribution in [-0.4, -0.2) is 36.6 Å². The van der Waals surface area contributed by atoms with E-state index in [0.717, 1.165) is 17.1 Å². The van der Waals surface area contributed by atoms with E-state index in [-0.39, 0.29) is 0 Å². The van der Waals surface area contributed by atoms with Gasteiger partial charge in [-0.15, -0.1) is 5.10 Å². The Morgan fingerprint density at radius 2 is 2.05 bits per heavy atom. The van der Waals surface area contributed by atoms with Crippen LogP contribution in [0.1, 0.15) is 18.3 Å². The van der Waals surface area contributed by atoms with E-state index in [4.69, 9.17) is 4.74 Å². The molecule has 0 atom stereocenters. The van der Waals surface area contributed by atoms with Gasteiger partial charge < -0.3 is 4.74 Å². The molecule has 21 heavy (non-hydrogen) atoms. The van der Waals surface area contributed by atoms with Gasteiger partial charge in [0, 0.05) is 18.0 Å². The van der Waals surface area contributed by atoms with E-state index in [9.17, 15) is 0 Å². The van der Waals surface area contributed by atoms with Gasteiger partial charge in [0.2, 0.25) is 0 Å². The lowest BCUT2D eigenvalue weighted by molar-refractivity contribution is 0.335. The summed E-state index contributed by atoms with van der Waals surface area (Å²) < 4.78 is 9.18. The molecule has 0 amide bonds. The average molecular weight is 284 g/mol. The van der Waals surface area contributed by atoms with Gasteiger partial charge in [-0.05, 0) is 29.5 Å². The molecule has 7 nitrogen and oxygen atoms in total. The summed E-state index contributed by atoms with van der Waals surface area (Å²) >= 11 is 0. The summed E-state index contributed by atoms with van der Waals surface area (Å²) in [6, 6.07) is 9.79. The Morgan fingerprint density at radius 3 is 2.86 bits per heavy atom. The highest BCUT2D eigenvalue weighted by atomic mass is 16.5. The molecule has 108 valence electrons. The number of tetrazole rings is 1. The maximum Gasteiger partial charge on any atom is 0.173 e. The summed E-state index contributed by atoms with van der Waals surface area (Å²) in [7, 11) is 0. The van der Waals surface area contributed by atoms with Crippen LogP contribution in [0.3, 0.4) is 0 Å². The summed E-state index contributed by atoms with van der Waals surface area (Å²) in [5.41, 5.74) is 1.05. The fourth-order valence-electron chi connectivity index (χ4n) is 2.09. The quantitative estimate of drug-likeness (QED) is 0.683. The molecule has 2 aromatic heterocycles. The normalized spacial score (nSPS) is 10.7. The highest BCUT2D eigenvalue weighted by molar-refractivity contribution is 5.33. The minimum atomic E-state index is 0.538. The topological polar surface area (TPSA) is 70.7 Å². The fourth-order valence-corrected chi connectivity index (χ4v) is 2.09. The first-order chi connectivity index (χ1) is 10.4. The first-order valence-corrected chi connectivity index (χ1v) is 6.80. The lowest BCUT2D eigenvalue weighted by Crippen LogP contribution is -2.12. The first-order valence-electron chi connectivity index (χ1n) is 6.80. The Bertz CT molecular complexity index is 691. The molecule has 0 saturated heterocycles. The first kappa shape index (κ1) is 13.3. The van der Waals surface area contributed by atoms with Gasteiger partial charge >= 0.3 is 0 Å². The second-order valence-electron chi connectivity index (χ2n) is 4.50. The van der Waals surface area contributed by atoms with E-state index in [1.165, 1.54) is 0 Å². The number of hydrogen-bond donors (Lipinski definition) is 0. The van der Waals surface area contributed by atoms with Crippen LogP contribution >= 0.6 is 0 Å². The highest BCUT2D eigenvalue weighted by Crippen LogP contribution is 2.19. The number of nitrogens with zero attached hydrogens (tertiary/aromatic N) is 6. The minimum Gasteiger partial charge on any atom is -0.494 e. The summed E-state index contributed by atoms with van der Waals surface area (Å²) in [4.78, 5) is 0. The summed E-state index contributed by atoms with van der Waals surface area (Å²) in [6.07, 6.45) is 3.62. The van der Waals surface area contributed by atoms with E-state index in [1.54, 1.807) is 15.6 Å². The number of rotatable bonds is 6. The van der Waals surface area contributed by atoms with Crippen LogP contribution in [0, 0.1) is 0 Å². The van der Waals surface area contributed by atoms with Crippen molar-refractivity contribution in [2.45, 2.75) is 20.0 Å².